The number of benzene rings is 1. The third kappa shape index (κ3) is 1.73. The van der Waals surface area contributed by atoms with Crippen LogP contribution in [0.25, 0.3) is 0 Å². The summed E-state index contributed by atoms with van der Waals surface area (Å²) in [6, 6.07) is 3.61. The van der Waals surface area contributed by atoms with Crippen LogP contribution in [0.2, 0.25) is 0 Å². The molecule has 0 aliphatic rings. The summed E-state index contributed by atoms with van der Waals surface area (Å²) in [6.07, 6.45) is -1.15. The van der Waals surface area contributed by atoms with E-state index in [1.54, 1.807) is 0 Å². The van der Waals surface area contributed by atoms with E-state index >= 15 is 0 Å². The first-order chi connectivity index (χ1) is 5.66. The molecule has 0 spiro atoms. The molecule has 1 unspecified atom stereocenters. The van der Waals surface area contributed by atoms with Crippen LogP contribution in [0.3, 0.4) is 0 Å². The number of hydrogen-bond donors (Lipinski definition) is 1. The fourth-order valence-electron chi connectivity index (χ4n) is 0.861. The van der Waals surface area contributed by atoms with Gasteiger partial charge in [-0.05, 0) is 6.07 Å². The van der Waals surface area contributed by atoms with E-state index in [-0.39, 0.29) is 11.4 Å². The summed E-state index contributed by atoms with van der Waals surface area (Å²) >= 11 is 5.27. The number of aliphatic hydroxyl groups excluding tert-OH is 1. The van der Waals surface area contributed by atoms with E-state index < -0.39 is 17.7 Å². The number of halogens is 3. The maximum Gasteiger partial charge on any atom is 0.164 e. The summed E-state index contributed by atoms with van der Waals surface area (Å²) in [6.45, 7) is 0. The van der Waals surface area contributed by atoms with Crippen LogP contribution in [0.15, 0.2) is 18.2 Å². The molecule has 1 N–H and O–H groups in total. The molecule has 0 aliphatic heterocycles. The van der Waals surface area contributed by atoms with Crippen LogP contribution in [0.4, 0.5) is 8.78 Å². The topological polar surface area (TPSA) is 20.2 Å². The summed E-state index contributed by atoms with van der Waals surface area (Å²) in [4.78, 5) is 0. The average molecular weight is 193 g/mol. The number of alkyl halides is 1. The molecular formula is C8H7ClF2O. The minimum absolute atomic E-state index is 0.106. The lowest BCUT2D eigenvalue weighted by Gasteiger charge is -2.07. The van der Waals surface area contributed by atoms with Gasteiger partial charge in [0.25, 0.3) is 0 Å². The lowest BCUT2D eigenvalue weighted by molar-refractivity contribution is 0.196. The highest BCUT2D eigenvalue weighted by Gasteiger charge is 2.14. The largest absolute Gasteiger partial charge is 0.387 e. The highest BCUT2D eigenvalue weighted by atomic mass is 35.5. The van der Waals surface area contributed by atoms with E-state index in [4.69, 9.17) is 16.7 Å². The van der Waals surface area contributed by atoms with E-state index in [9.17, 15) is 8.78 Å². The Morgan fingerprint density at radius 2 is 2.08 bits per heavy atom. The van der Waals surface area contributed by atoms with Crippen LogP contribution in [0.5, 0.6) is 0 Å². The Labute approximate surface area is 73.6 Å². The van der Waals surface area contributed by atoms with Crippen molar-refractivity contribution in [2.45, 2.75) is 6.10 Å². The molecule has 0 radical (unpaired) electrons. The van der Waals surface area contributed by atoms with Gasteiger partial charge in [-0.2, -0.15) is 0 Å². The van der Waals surface area contributed by atoms with Crippen LogP contribution in [-0.2, 0) is 0 Å². The second-order valence-corrected chi connectivity index (χ2v) is 2.62. The van der Waals surface area contributed by atoms with E-state index in [1.165, 1.54) is 12.1 Å². The summed E-state index contributed by atoms with van der Waals surface area (Å²) in [7, 11) is 0. The van der Waals surface area contributed by atoms with Crippen molar-refractivity contribution in [2.24, 2.45) is 0 Å². The first kappa shape index (κ1) is 9.42. The molecule has 12 heavy (non-hydrogen) atoms. The standard InChI is InChI=1S/C8H7ClF2O/c9-4-7(12)5-2-1-3-6(10)8(5)11/h1-3,7,12H,4H2. The number of aliphatic hydroxyl groups is 1. The van der Waals surface area contributed by atoms with Gasteiger partial charge in [-0.15, -0.1) is 11.6 Å². The van der Waals surface area contributed by atoms with Crippen molar-refractivity contribution in [3.05, 3.63) is 35.4 Å². The molecule has 0 saturated carbocycles. The minimum atomic E-state index is -1.15. The quantitative estimate of drug-likeness (QED) is 0.713. The number of hydrogen-bond acceptors (Lipinski definition) is 1. The van der Waals surface area contributed by atoms with Crippen molar-refractivity contribution < 1.29 is 13.9 Å². The van der Waals surface area contributed by atoms with Crippen LogP contribution >= 0.6 is 11.6 Å². The van der Waals surface area contributed by atoms with Gasteiger partial charge in [-0.1, -0.05) is 12.1 Å². The average Bonchev–Trinajstić information content (AvgIpc) is 2.08. The van der Waals surface area contributed by atoms with E-state index in [2.05, 4.69) is 0 Å². The van der Waals surface area contributed by atoms with E-state index in [0.29, 0.717) is 0 Å². The zero-order valence-corrected chi connectivity index (χ0v) is 6.85. The molecule has 0 bridgehead atoms. The second-order valence-electron chi connectivity index (χ2n) is 2.31. The summed E-state index contributed by atoms with van der Waals surface area (Å²) in [5, 5.41) is 9.10. The maximum absolute atomic E-state index is 12.8. The first-order valence-corrected chi connectivity index (χ1v) is 3.88. The van der Waals surface area contributed by atoms with Crippen molar-refractivity contribution in [3.63, 3.8) is 0 Å². The molecule has 66 valence electrons. The lowest BCUT2D eigenvalue weighted by atomic mass is 10.1. The molecule has 1 aromatic carbocycles. The molecule has 0 saturated heterocycles. The fraction of sp³-hybridized carbons (Fsp3) is 0.250. The molecule has 1 nitrogen and oxygen atoms in total. The third-order valence-electron chi connectivity index (χ3n) is 1.49. The van der Waals surface area contributed by atoms with Gasteiger partial charge in [0, 0.05) is 5.56 Å². The van der Waals surface area contributed by atoms with Crippen LogP contribution in [0, 0.1) is 11.6 Å². The molecule has 1 rings (SSSR count). The lowest BCUT2D eigenvalue weighted by Crippen LogP contribution is -2.03. The van der Waals surface area contributed by atoms with Crippen molar-refractivity contribution in [1.29, 1.82) is 0 Å². The molecule has 0 fully saturated rings. The van der Waals surface area contributed by atoms with Gasteiger partial charge in [0.2, 0.25) is 0 Å². The molecule has 0 aliphatic carbocycles. The van der Waals surface area contributed by atoms with E-state index in [0.717, 1.165) is 6.07 Å². The Bertz CT molecular complexity index is 278. The van der Waals surface area contributed by atoms with Gasteiger partial charge in [0.15, 0.2) is 11.6 Å². The molecule has 1 atom stereocenters. The van der Waals surface area contributed by atoms with Gasteiger partial charge in [-0.3, -0.25) is 0 Å². The Morgan fingerprint density at radius 3 is 2.67 bits per heavy atom. The molecule has 0 heterocycles. The zero-order valence-electron chi connectivity index (χ0n) is 6.10. The van der Waals surface area contributed by atoms with Crippen molar-refractivity contribution in [2.75, 3.05) is 5.88 Å². The highest BCUT2D eigenvalue weighted by molar-refractivity contribution is 6.18. The van der Waals surface area contributed by atoms with Gasteiger partial charge < -0.3 is 5.11 Å². The monoisotopic (exact) mass is 192 g/mol. The van der Waals surface area contributed by atoms with Crippen LogP contribution in [0.1, 0.15) is 11.7 Å². The summed E-state index contributed by atoms with van der Waals surface area (Å²) in [5.74, 6) is -2.16. The molecule has 0 aromatic heterocycles. The van der Waals surface area contributed by atoms with Gasteiger partial charge in [-0.25, -0.2) is 8.78 Å². The molecule has 4 heteroatoms. The summed E-state index contributed by atoms with van der Waals surface area (Å²) in [5.41, 5.74) is -0.106. The van der Waals surface area contributed by atoms with E-state index in [1.807, 2.05) is 0 Å². The third-order valence-corrected chi connectivity index (χ3v) is 1.78. The Morgan fingerprint density at radius 1 is 1.42 bits per heavy atom. The zero-order chi connectivity index (χ0) is 9.14. The predicted octanol–water partition coefficient (Wildman–Crippen LogP) is 2.24. The Hall–Kier alpha value is -0.670. The summed E-state index contributed by atoms with van der Waals surface area (Å²) < 4.78 is 25.4. The first-order valence-electron chi connectivity index (χ1n) is 3.34. The van der Waals surface area contributed by atoms with Crippen molar-refractivity contribution >= 4 is 11.6 Å². The van der Waals surface area contributed by atoms with Gasteiger partial charge in [0.1, 0.15) is 0 Å². The van der Waals surface area contributed by atoms with Crippen LogP contribution < -0.4 is 0 Å². The fourth-order valence-corrected chi connectivity index (χ4v) is 1.03. The SMILES string of the molecule is OC(CCl)c1cccc(F)c1F. The maximum atomic E-state index is 12.8. The predicted molar refractivity (Wildman–Crippen MR) is 42.0 cm³/mol. The van der Waals surface area contributed by atoms with Crippen molar-refractivity contribution in [1.82, 2.24) is 0 Å². The van der Waals surface area contributed by atoms with Gasteiger partial charge in [0.05, 0.1) is 12.0 Å². The normalized spacial score (nSPS) is 13.0. The van der Waals surface area contributed by atoms with Gasteiger partial charge >= 0.3 is 0 Å². The molecule has 0 amide bonds. The smallest absolute Gasteiger partial charge is 0.164 e. The number of rotatable bonds is 2. The molecular weight excluding hydrogens is 186 g/mol. The van der Waals surface area contributed by atoms with Crippen molar-refractivity contribution in [3.8, 4) is 0 Å². The second kappa shape index (κ2) is 3.83. The Kier molecular flexibility index (Phi) is 3.00. The highest BCUT2D eigenvalue weighted by Crippen LogP contribution is 2.19. The Balaban J connectivity index is 3.07. The minimum Gasteiger partial charge on any atom is -0.387 e. The molecule has 1 aromatic rings. The van der Waals surface area contributed by atoms with Crippen LogP contribution in [-0.4, -0.2) is 11.0 Å².